The zero-order valence-corrected chi connectivity index (χ0v) is 14.5. The highest BCUT2D eigenvalue weighted by molar-refractivity contribution is 7.89. The molecule has 0 radical (unpaired) electrons. The maximum Gasteiger partial charge on any atom is 0.243 e. The number of halogens is 1. The lowest BCUT2D eigenvalue weighted by atomic mass is 10.2. The molecule has 1 aromatic rings. The van der Waals surface area contributed by atoms with Crippen molar-refractivity contribution >= 4 is 21.6 Å². The number of nitrogens with zero attached hydrogens (tertiary/aromatic N) is 1. The van der Waals surface area contributed by atoms with Crippen LogP contribution in [0.5, 0.6) is 0 Å². The van der Waals surface area contributed by atoms with Gasteiger partial charge >= 0.3 is 0 Å². The van der Waals surface area contributed by atoms with Gasteiger partial charge in [0, 0.05) is 24.2 Å². The van der Waals surface area contributed by atoms with Crippen LogP contribution in [0.4, 0.5) is 0 Å². The molecule has 0 aliphatic rings. The second kappa shape index (κ2) is 8.13. The number of sulfonamides is 1. The summed E-state index contributed by atoms with van der Waals surface area (Å²) >= 11 is 6.08. The van der Waals surface area contributed by atoms with E-state index in [1.807, 2.05) is 13.8 Å². The molecular formula is C15H25ClN2O2S. The van der Waals surface area contributed by atoms with Crippen LogP contribution in [0.15, 0.2) is 23.1 Å². The minimum Gasteiger partial charge on any atom is -0.326 e. The highest BCUT2D eigenvalue weighted by Gasteiger charge is 2.26. The number of benzene rings is 1. The van der Waals surface area contributed by atoms with E-state index in [9.17, 15) is 8.42 Å². The monoisotopic (exact) mass is 332 g/mol. The van der Waals surface area contributed by atoms with Crippen molar-refractivity contribution in [2.75, 3.05) is 6.54 Å². The summed E-state index contributed by atoms with van der Waals surface area (Å²) in [6.07, 6.45) is 2.94. The van der Waals surface area contributed by atoms with Gasteiger partial charge in [0.2, 0.25) is 10.0 Å². The molecule has 0 saturated heterocycles. The number of rotatable bonds is 8. The van der Waals surface area contributed by atoms with Crippen LogP contribution >= 0.6 is 11.6 Å². The van der Waals surface area contributed by atoms with Crippen molar-refractivity contribution in [1.29, 1.82) is 0 Å². The van der Waals surface area contributed by atoms with Gasteiger partial charge in [-0.1, -0.05) is 37.4 Å². The summed E-state index contributed by atoms with van der Waals surface area (Å²) in [5.74, 6) is 0. The first-order valence-corrected chi connectivity index (χ1v) is 9.16. The Morgan fingerprint density at radius 3 is 2.43 bits per heavy atom. The lowest BCUT2D eigenvalue weighted by Crippen LogP contribution is -2.37. The molecule has 0 aliphatic carbocycles. The molecule has 120 valence electrons. The Labute approximate surface area is 133 Å². The first-order valence-electron chi connectivity index (χ1n) is 7.35. The van der Waals surface area contributed by atoms with Gasteiger partial charge in [-0.2, -0.15) is 4.31 Å². The fraction of sp³-hybridized carbons (Fsp3) is 0.600. The van der Waals surface area contributed by atoms with Crippen molar-refractivity contribution in [2.24, 2.45) is 5.73 Å². The van der Waals surface area contributed by atoms with E-state index in [4.69, 9.17) is 17.3 Å². The van der Waals surface area contributed by atoms with Gasteiger partial charge < -0.3 is 5.73 Å². The molecule has 1 rings (SSSR count). The summed E-state index contributed by atoms with van der Waals surface area (Å²) in [6, 6.07) is 4.67. The predicted molar refractivity (Wildman–Crippen MR) is 87.9 cm³/mol. The van der Waals surface area contributed by atoms with Crippen LogP contribution in [0.2, 0.25) is 5.02 Å². The minimum atomic E-state index is -3.52. The van der Waals surface area contributed by atoms with Crippen molar-refractivity contribution < 1.29 is 8.42 Å². The molecule has 0 fully saturated rings. The second-order valence-corrected chi connectivity index (χ2v) is 7.67. The Morgan fingerprint density at radius 2 is 1.95 bits per heavy atom. The molecule has 4 nitrogen and oxygen atoms in total. The highest BCUT2D eigenvalue weighted by atomic mass is 35.5. The summed E-state index contributed by atoms with van der Waals surface area (Å²) in [7, 11) is -3.52. The third-order valence-corrected chi connectivity index (χ3v) is 5.83. The van der Waals surface area contributed by atoms with E-state index in [1.54, 1.807) is 12.1 Å². The molecule has 0 aliphatic heterocycles. The summed E-state index contributed by atoms with van der Waals surface area (Å²) in [5.41, 5.74) is 6.30. The van der Waals surface area contributed by atoms with Crippen molar-refractivity contribution in [3.63, 3.8) is 0 Å². The molecule has 1 aromatic carbocycles. The van der Waals surface area contributed by atoms with Crippen LogP contribution in [-0.4, -0.2) is 25.3 Å². The summed E-state index contributed by atoms with van der Waals surface area (Å²) in [5, 5.41) is 0.399. The smallest absolute Gasteiger partial charge is 0.243 e. The van der Waals surface area contributed by atoms with Gasteiger partial charge in [-0.15, -0.1) is 0 Å². The van der Waals surface area contributed by atoms with E-state index in [2.05, 4.69) is 6.92 Å². The van der Waals surface area contributed by atoms with Gasteiger partial charge in [-0.25, -0.2) is 8.42 Å². The van der Waals surface area contributed by atoms with E-state index < -0.39 is 10.0 Å². The van der Waals surface area contributed by atoms with Crippen LogP contribution in [0.25, 0.3) is 0 Å². The third-order valence-electron chi connectivity index (χ3n) is 3.41. The maximum absolute atomic E-state index is 12.8. The Bertz CT molecular complexity index is 559. The molecule has 0 heterocycles. The van der Waals surface area contributed by atoms with E-state index in [1.165, 1.54) is 10.4 Å². The summed E-state index contributed by atoms with van der Waals surface area (Å²) in [4.78, 5) is 0.231. The van der Waals surface area contributed by atoms with Crippen LogP contribution in [0, 0.1) is 0 Å². The summed E-state index contributed by atoms with van der Waals surface area (Å²) in [6.45, 7) is 6.70. The molecule has 0 bridgehead atoms. The van der Waals surface area contributed by atoms with Gasteiger partial charge in [0.1, 0.15) is 0 Å². The molecule has 21 heavy (non-hydrogen) atoms. The first kappa shape index (κ1) is 18.4. The standard InChI is InChI=1S/C15H25ClN2O2S/c1-4-5-6-9-18(12(2)3)21(19,20)14-8-7-13(11-17)15(16)10-14/h7-8,10,12H,4-6,9,11,17H2,1-3H3. The lowest BCUT2D eigenvalue weighted by Gasteiger charge is -2.26. The SMILES string of the molecule is CCCCCN(C(C)C)S(=O)(=O)c1ccc(CN)c(Cl)c1. The number of hydrogen-bond donors (Lipinski definition) is 1. The van der Waals surface area contributed by atoms with Crippen LogP contribution < -0.4 is 5.73 Å². The normalized spacial score (nSPS) is 12.3. The van der Waals surface area contributed by atoms with Crippen LogP contribution in [0.3, 0.4) is 0 Å². The van der Waals surface area contributed by atoms with Gasteiger partial charge in [0.15, 0.2) is 0 Å². The fourth-order valence-electron chi connectivity index (χ4n) is 2.16. The third kappa shape index (κ3) is 4.68. The predicted octanol–water partition coefficient (Wildman–Crippen LogP) is 3.39. The molecular weight excluding hydrogens is 308 g/mol. The average Bonchev–Trinajstić information content (AvgIpc) is 2.42. The molecule has 0 saturated carbocycles. The number of nitrogens with two attached hydrogens (primary N) is 1. The summed E-state index contributed by atoms with van der Waals surface area (Å²) < 4.78 is 27.0. The van der Waals surface area contributed by atoms with E-state index in [0.29, 0.717) is 18.1 Å². The van der Waals surface area contributed by atoms with E-state index >= 15 is 0 Å². The van der Waals surface area contributed by atoms with Gasteiger partial charge in [-0.3, -0.25) is 0 Å². The Morgan fingerprint density at radius 1 is 1.29 bits per heavy atom. The van der Waals surface area contributed by atoms with Crippen molar-refractivity contribution in [2.45, 2.75) is 57.5 Å². The van der Waals surface area contributed by atoms with Gasteiger partial charge in [0.05, 0.1) is 4.90 Å². The van der Waals surface area contributed by atoms with Crippen molar-refractivity contribution in [3.8, 4) is 0 Å². The first-order chi connectivity index (χ1) is 9.84. The fourth-order valence-corrected chi connectivity index (χ4v) is 4.19. The van der Waals surface area contributed by atoms with Crippen LogP contribution in [-0.2, 0) is 16.6 Å². The topological polar surface area (TPSA) is 63.4 Å². The quantitative estimate of drug-likeness (QED) is 0.742. The largest absolute Gasteiger partial charge is 0.326 e. The Hall–Kier alpha value is -0.620. The zero-order chi connectivity index (χ0) is 16.0. The number of unbranched alkanes of at least 4 members (excludes halogenated alkanes) is 2. The Kier molecular flexibility index (Phi) is 7.13. The van der Waals surface area contributed by atoms with E-state index in [0.717, 1.165) is 24.8 Å². The average molecular weight is 333 g/mol. The minimum absolute atomic E-state index is 0.0835. The van der Waals surface area contributed by atoms with Crippen molar-refractivity contribution in [1.82, 2.24) is 4.31 Å². The maximum atomic E-state index is 12.8. The molecule has 0 spiro atoms. The van der Waals surface area contributed by atoms with Crippen molar-refractivity contribution in [3.05, 3.63) is 28.8 Å². The van der Waals surface area contributed by atoms with Gasteiger partial charge in [0.25, 0.3) is 0 Å². The molecule has 6 heteroatoms. The second-order valence-electron chi connectivity index (χ2n) is 5.37. The van der Waals surface area contributed by atoms with E-state index in [-0.39, 0.29) is 10.9 Å². The molecule has 0 unspecified atom stereocenters. The van der Waals surface area contributed by atoms with Crippen LogP contribution in [0.1, 0.15) is 45.6 Å². The zero-order valence-electron chi connectivity index (χ0n) is 13.0. The molecule has 0 amide bonds. The molecule has 2 N–H and O–H groups in total. The van der Waals surface area contributed by atoms with Gasteiger partial charge in [-0.05, 0) is 38.0 Å². The molecule has 0 aromatic heterocycles. The lowest BCUT2D eigenvalue weighted by molar-refractivity contribution is 0.345. The Balaban J connectivity index is 3.08. The highest BCUT2D eigenvalue weighted by Crippen LogP contribution is 2.24. The number of hydrogen-bond acceptors (Lipinski definition) is 3. The molecule has 0 atom stereocenters.